The second kappa shape index (κ2) is 6.95. The van der Waals surface area contributed by atoms with Crippen molar-refractivity contribution in [1.29, 1.82) is 0 Å². The summed E-state index contributed by atoms with van der Waals surface area (Å²) in [5.74, 6) is 0.933. The van der Waals surface area contributed by atoms with Crippen molar-refractivity contribution in [2.24, 2.45) is 0 Å². The monoisotopic (exact) mass is 255 g/mol. The summed E-state index contributed by atoms with van der Waals surface area (Å²) in [6.45, 7) is 5.76. The molecule has 0 unspecified atom stereocenters. The van der Waals surface area contributed by atoms with Crippen LogP contribution < -0.4 is 10.1 Å². The zero-order valence-electron chi connectivity index (χ0n) is 11.6. The normalized spacial score (nSPS) is 12.1. The van der Waals surface area contributed by atoms with Gasteiger partial charge in [0.05, 0.1) is 6.61 Å². The lowest BCUT2D eigenvalue weighted by atomic mass is 10.1. The smallest absolute Gasteiger partial charge is 0.119 e. The van der Waals surface area contributed by atoms with Gasteiger partial charge in [0, 0.05) is 12.6 Å². The minimum absolute atomic E-state index is 0.354. The van der Waals surface area contributed by atoms with Crippen molar-refractivity contribution in [3.63, 3.8) is 0 Å². The standard InChI is InChI=1S/C17H21NO/c1-3-19-17-11-9-15(10-12-17)13-18-14(2)16-7-5-4-6-8-16/h4-12,14,18H,3,13H2,1-2H3/t14-/m1/s1. The molecule has 2 nitrogen and oxygen atoms in total. The van der Waals surface area contributed by atoms with Gasteiger partial charge in [0.1, 0.15) is 5.75 Å². The summed E-state index contributed by atoms with van der Waals surface area (Å²) < 4.78 is 5.44. The molecule has 0 heterocycles. The third-order valence-electron chi connectivity index (χ3n) is 3.15. The van der Waals surface area contributed by atoms with Crippen LogP contribution in [0.2, 0.25) is 0 Å². The number of hydrogen-bond donors (Lipinski definition) is 1. The van der Waals surface area contributed by atoms with E-state index >= 15 is 0 Å². The minimum atomic E-state index is 0.354. The van der Waals surface area contributed by atoms with E-state index in [2.05, 4.69) is 48.6 Å². The Hall–Kier alpha value is -1.80. The molecule has 2 aromatic carbocycles. The van der Waals surface area contributed by atoms with Gasteiger partial charge in [-0.15, -0.1) is 0 Å². The van der Waals surface area contributed by atoms with Crippen molar-refractivity contribution in [2.45, 2.75) is 26.4 Å². The summed E-state index contributed by atoms with van der Waals surface area (Å²) in [6, 6.07) is 19.1. The number of benzene rings is 2. The first-order valence-electron chi connectivity index (χ1n) is 6.79. The van der Waals surface area contributed by atoms with Crippen LogP contribution in [0.5, 0.6) is 5.75 Å². The quantitative estimate of drug-likeness (QED) is 0.844. The molecule has 2 rings (SSSR count). The number of ether oxygens (including phenoxy) is 1. The largest absolute Gasteiger partial charge is 0.494 e. The zero-order valence-corrected chi connectivity index (χ0v) is 11.6. The summed E-state index contributed by atoms with van der Waals surface area (Å²) in [7, 11) is 0. The molecule has 0 saturated heterocycles. The van der Waals surface area contributed by atoms with Crippen molar-refractivity contribution < 1.29 is 4.74 Å². The van der Waals surface area contributed by atoms with Gasteiger partial charge in [0.2, 0.25) is 0 Å². The Morgan fingerprint density at radius 2 is 1.68 bits per heavy atom. The molecule has 0 aliphatic carbocycles. The van der Waals surface area contributed by atoms with Crippen LogP contribution in [0, 0.1) is 0 Å². The molecule has 100 valence electrons. The lowest BCUT2D eigenvalue weighted by Crippen LogP contribution is -2.17. The number of nitrogens with one attached hydrogen (secondary N) is 1. The van der Waals surface area contributed by atoms with Crippen molar-refractivity contribution in [3.05, 3.63) is 65.7 Å². The predicted octanol–water partition coefficient (Wildman–Crippen LogP) is 3.94. The molecule has 19 heavy (non-hydrogen) atoms. The average molecular weight is 255 g/mol. The predicted molar refractivity (Wildman–Crippen MR) is 79.3 cm³/mol. The molecule has 2 heteroatoms. The molecule has 0 fully saturated rings. The van der Waals surface area contributed by atoms with Gasteiger partial charge in [-0.25, -0.2) is 0 Å². The van der Waals surface area contributed by atoms with E-state index in [0.717, 1.165) is 12.3 Å². The van der Waals surface area contributed by atoms with Gasteiger partial charge >= 0.3 is 0 Å². The van der Waals surface area contributed by atoms with Crippen molar-refractivity contribution in [3.8, 4) is 5.75 Å². The van der Waals surface area contributed by atoms with Crippen molar-refractivity contribution >= 4 is 0 Å². The van der Waals surface area contributed by atoms with E-state index in [1.54, 1.807) is 0 Å². The van der Waals surface area contributed by atoms with Crippen LogP contribution in [0.4, 0.5) is 0 Å². The van der Waals surface area contributed by atoms with Crippen LogP contribution in [-0.2, 0) is 6.54 Å². The molecular formula is C17H21NO. The van der Waals surface area contributed by atoms with E-state index < -0.39 is 0 Å². The van der Waals surface area contributed by atoms with Crippen LogP contribution in [0.25, 0.3) is 0 Å². The fourth-order valence-corrected chi connectivity index (χ4v) is 2.00. The van der Waals surface area contributed by atoms with E-state index in [1.165, 1.54) is 11.1 Å². The highest BCUT2D eigenvalue weighted by molar-refractivity contribution is 5.27. The van der Waals surface area contributed by atoms with Gasteiger partial charge in [-0.05, 0) is 37.1 Å². The molecule has 0 aliphatic rings. The summed E-state index contributed by atoms with van der Waals surface area (Å²) >= 11 is 0. The maximum absolute atomic E-state index is 5.44. The second-order valence-electron chi connectivity index (χ2n) is 4.59. The molecule has 0 saturated carbocycles. The zero-order chi connectivity index (χ0) is 13.5. The molecule has 0 amide bonds. The summed E-state index contributed by atoms with van der Waals surface area (Å²) in [5.41, 5.74) is 2.58. The van der Waals surface area contributed by atoms with E-state index in [1.807, 2.05) is 25.1 Å². The van der Waals surface area contributed by atoms with Crippen LogP contribution in [0.15, 0.2) is 54.6 Å². The van der Waals surface area contributed by atoms with Crippen LogP contribution >= 0.6 is 0 Å². The fourth-order valence-electron chi connectivity index (χ4n) is 2.00. The van der Waals surface area contributed by atoms with Crippen LogP contribution in [-0.4, -0.2) is 6.61 Å². The first-order chi connectivity index (χ1) is 9.29. The SMILES string of the molecule is CCOc1ccc(CN[C@H](C)c2ccccc2)cc1. The molecule has 1 atom stereocenters. The Labute approximate surface area is 115 Å². The highest BCUT2D eigenvalue weighted by Crippen LogP contribution is 2.14. The Morgan fingerprint density at radius 3 is 2.32 bits per heavy atom. The van der Waals surface area contributed by atoms with Gasteiger partial charge in [-0.3, -0.25) is 0 Å². The maximum atomic E-state index is 5.44. The summed E-state index contributed by atoms with van der Waals surface area (Å²) in [5, 5.41) is 3.53. The first-order valence-corrected chi connectivity index (χ1v) is 6.79. The Bertz CT molecular complexity index is 478. The van der Waals surface area contributed by atoms with Gasteiger partial charge in [0.15, 0.2) is 0 Å². The molecule has 0 aromatic heterocycles. The van der Waals surface area contributed by atoms with E-state index in [-0.39, 0.29) is 0 Å². The first kappa shape index (κ1) is 13.6. The third-order valence-corrected chi connectivity index (χ3v) is 3.15. The molecule has 0 radical (unpaired) electrons. The van der Waals surface area contributed by atoms with Crippen LogP contribution in [0.1, 0.15) is 31.0 Å². The summed E-state index contributed by atoms with van der Waals surface area (Å²) in [4.78, 5) is 0. The molecule has 2 aromatic rings. The molecule has 1 N–H and O–H groups in total. The molecular weight excluding hydrogens is 234 g/mol. The lowest BCUT2D eigenvalue weighted by Gasteiger charge is -2.14. The highest BCUT2D eigenvalue weighted by Gasteiger charge is 2.03. The highest BCUT2D eigenvalue weighted by atomic mass is 16.5. The fraction of sp³-hybridized carbons (Fsp3) is 0.294. The number of hydrogen-bond acceptors (Lipinski definition) is 2. The van der Waals surface area contributed by atoms with Crippen molar-refractivity contribution in [2.75, 3.05) is 6.61 Å². The topological polar surface area (TPSA) is 21.3 Å². The van der Waals surface area contributed by atoms with Gasteiger partial charge in [-0.2, -0.15) is 0 Å². The molecule has 0 aliphatic heterocycles. The Balaban J connectivity index is 1.88. The molecule has 0 spiro atoms. The van der Waals surface area contributed by atoms with Crippen LogP contribution in [0.3, 0.4) is 0 Å². The van der Waals surface area contributed by atoms with Gasteiger partial charge < -0.3 is 10.1 Å². The maximum Gasteiger partial charge on any atom is 0.119 e. The van der Waals surface area contributed by atoms with E-state index in [9.17, 15) is 0 Å². The summed E-state index contributed by atoms with van der Waals surface area (Å²) in [6.07, 6.45) is 0. The van der Waals surface area contributed by atoms with E-state index in [0.29, 0.717) is 12.6 Å². The lowest BCUT2D eigenvalue weighted by molar-refractivity contribution is 0.340. The third kappa shape index (κ3) is 4.11. The Morgan fingerprint density at radius 1 is 1.00 bits per heavy atom. The van der Waals surface area contributed by atoms with Crippen molar-refractivity contribution in [1.82, 2.24) is 5.32 Å². The number of rotatable bonds is 6. The molecule has 0 bridgehead atoms. The van der Waals surface area contributed by atoms with Gasteiger partial charge in [-0.1, -0.05) is 42.5 Å². The van der Waals surface area contributed by atoms with Gasteiger partial charge in [0.25, 0.3) is 0 Å². The second-order valence-corrected chi connectivity index (χ2v) is 4.59. The average Bonchev–Trinajstić information content (AvgIpc) is 2.47. The van der Waals surface area contributed by atoms with E-state index in [4.69, 9.17) is 4.74 Å². The Kier molecular flexibility index (Phi) is 4.99. The minimum Gasteiger partial charge on any atom is -0.494 e.